The van der Waals surface area contributed by atoms with Crippen molar-refractivity contribution in [1.82, 2.24) is 0 Å². The van der Waals surface area contributed by atoms with Gasteiger partial charge in [0.15, 0.2) is 0 Å². The molecule has 0 saturated heterocycles. The molecular formula is C29H27NO. The monoisotopic (exact) mass is 405 g/mol. The molecule has 1 unspecified atom stereocenters. The molecule has 5 aromatic rings. The quantitative estimate of drug-likeness (QED) is 0.331. The van der Waals surface area contributed by atoms with Crippen LogP contribution in [0.15, 0.2) is 91.0 Å². The lowest BCUT2D eigenvalue weighted by atomic mass is 9.72. The molecule has 0 heterocycles. The molecule has 6 rings (SSSR count). The Bertz CT molecular complexity index is 1400. The van der Waals surface area contributed by atoms with Crippen molar-refractivity contribution in [2.75, 3.05) is 7.11 Å². The highest BCUT2D eigenvalue weighted by atomic mass is 16.2. The summed E-state index contributed by atoms with van der Waals surface area (Å²) in [5.41, 5.74) is 10.9. The summed E-state index contributed by atoms with van der Waals surface area (Å²) in [5, 5.41) is 14.9. The minimum Gasteiger partial charge on any atom is -0.400 e. The van der Waals surface area contributed by atoms with Crippen LogP contribution in [0.3, 0.4) is 0 Å². The molecule has 0 radical (unpaired) electrons. The van der Waals surface area contributed by atoms with Gasteiger partial charge in [0.2, 0.25) is 0 Å². The molecule has 0 amide bonds. The number of rotatable bonds is 1. The molecule has 2 heteroatoms. The fourth-order valence-corrected chi connectivity index (χ4v) is 5.32. The molecule has 0 fully saturated rings. The van der Waals surface area contributed by atoms with E-state index in [9.17, 15) is 0 Å². The van der Waals surface area contributed by atoms with Gasteiger partial charge in [0, 0.05) is 12.6 Å². The molecule has 0 aliphatic heterocycles. The first-order chi connectivity index (χ1) is 15.2. The third-order valence-corrected chi connectivity index (χ3v) is 6.79. The second-order valence-electron chi connectivity index (χ2n) is 8.44. The van der Waals surface area contributed by atoms with Crippen molar-refractivity contribution in [3.63, 3.8) is 0 Å². The van der Waals surface area contributed by atoms with Crippen LogP contribution in [0.2, 0.25) is 0 Å². The maximum Gasteiger partial charge on any atom is 0.0459 e. The number of benzene rings is 5. The summed E-state index contributed by atoms with van der Waals surface area (Å²) in [4.78, 5) is 0. The van der Waals surface area contributed by atoms with E-state index in [1.807, 2.05) is 0 Å². The van der Waals surface area contributed by atoms with Gasteiger partial charge in [-0.1, -0.05) is 91.0 Å². The summed E-state index contributed by atoms with van der Waals surface area (Å²) in [6.45, 7) is 0. The van der Waals surface area contributed by atoms with Gasteiger partial charge in [-0.15, -0.1) is 0 Å². The number of nitrogens with two attached hydrogens (primary N) is 1. The lowest BCUT2D eigenvalue weighted by molar-refractivity contribution is 0.389. The van der Waals surface area contributed by atoms with Crippen LogP contribution >= 0.6 is 0 Å². The third kappa shape index (κ3) is 3.20. The van der Waals surface area contributed by atoms with Gasteiger partial charge >= 0.3 is 0 Å². The Hall–Kier alpha value is -3.20. The van der Waals surface area contributed by atoms with Crippen molar-refractivity contribution in [3.8, 4) is 0 Å². The van der Waals surface area contributed by atoms with Gasteiger partial charge in [0.1, 0.15) is 0 Å². The Morgan fingerprint density at radius 2 is 1.29 bits per heavy atom. The highest BCUT2D eigenvalue weighted by Crippen LogP contribution is 2.41. The van der Waals surface area contributed by atoms with Crippen LogP contribution in [0.4, 0.5) is 0 Å². The highest BCUT2D eigenvalue weighted by molar-refractivity contribution is 6.08. The molecule has 0 spiro atoms. The molecule has 3 N–H and O–H groups in total. The molecule has 0 saturated carbocycles. The van der Waals surface area contributed by atoms with Gasteiger partial charge in [-0.25, -0.2) is 0 Å². The zero-order valence-electron chi connectivity index (χ0n) is 17.8. The normalized spacial score (nSPS) is 17.9. The SMILES string of the molecule is CO.NC1(c2cccc3ccccc23)CCc2c(ccc3c2ccc2ccccc23)C1. The zero-order valence-corrected chi connectivity index (χ0v) is 17.8. The lowest BCUT2D eigenvalue weighted by Crippen LogP contribution is -2.42. The van der Waals surface area contributed by atoms with Crippen LogP contribution in [-0.4, -0.2) is 12.2 Å². The fourth-order valence-electron chi connectivity index (χ4n) is 5.32. The maximum atomic E-state index is 7.10. The minimum absolute atomic E-state index is 0.321. The first kappa shape index (κ1) is 19.7. The average Bonchev–Trinajstić information content (AvgIpc) is 2.84. The van der Waals surface area contributed by atoms with Crippen molar-refractivity contribution in [2.45, 2.75) is 24.8 Å². The van der Waals surface area contributed by atoms with Gasteiger partial charge in [-0.05, 0) is 68.3 Å². The predicted octanol–water partition coefficient (Wildman–Crippen LogP) is 6.10. The fraction of sp³-hybridized carbons (Fsp3) is 0.172. The van der Waals surface area contributed by atoms with Crippen LogP contribution < -0.4 is 5.73 Å². The van der Waals surface area contributed by atoms with Crippen LogP contribution in [0.25, 0.3) is 32.3 Å². The smallest absolute Gasteiger partial charge is 0.0459 e. The molecule has 2 nitrogen and oxygen atoms in total. The summed E-state index contributed by atoms with van der Waals surface area (Å²) in [5.74, 6) is 0. The molecule has 31 heavy (non-hydrogen) atoms. The van der Waals surface area contributed by atoms with E-state index in [0.717, 1.165) is 26.4 Å². The van der Waals surface area contributed by atoms with E-state index in [4.69, 9.17) is 10.8 Å². The number of hydrogen-bond donors (Lipinski definition) is 2. The third-order valence-electron chi connectivity index (χ3n) is 6.79. The Kier molecular flexibility index (Phi) is 4.97. The van der Waals surface area contributed by atoms with Crippen molar-refractivity contribution in [3.05, 3.63) is 108 Å². The van der Waals surface area contributed by atoms with E-state index in [1.165, 1.54) is 49.0 Å². The summed E-state index contributed by atoms with van der Waals surface area (Å²) in [7, 11) is 1.00. The summed E-state index contributed by atoms with van der Waals surface area (Å²) >= 11 is 0. The summed E-state index contributed by atoms with van der Waals surface area (Å²) < 4.78 is 0. The molecule has 154 valence electrons. The predicted molar refractivity (Wildman–Crippen MR) is 131 cm³/mol. The molecule has 1 aliphatic carbocycles. The second-order valence-corrected chi connectivity index (χ2v) is 8.44. The number of hydrogen-bond acceptors (Lipinski definition) is 2. The largest absolute Gasteiger partial charge is 0.400 e. The van der Waals surface area contributed by atoms with Crippen LogP contribution in [0, 0.1) is 0 Å². The Morgan fingerprint density at radius 1 is 0.645 bits per heavy atom. The zero-order chi connectivity index (χ0) is 21.4. The standard InChI is InChI=1S/C28H23N.CH4O/c29-28(27-11-5-8-19-6-2-4-10-24(19)27)17-16-23-21(18-28)13-15-25-22-9-3-1-7-20(22)12-14-26(23)25;1-2/h1-15H,16-18,29H2;2H,1H3. The van der Waals surface area contributed by atoms with E-state index < -0.39 is 0 Å². The van der Waals surface area contributed by atoms with E-state index >= 15 is 0 Å². The van der Waals surface area contributed by atoms with Gasteiger partial charge in [0.05, 0.1) is 0 Å². The molecule has 1 atom stereocenters. The molecule has 0 aromatic heterocycles. The van der Waals surface area contributed by atoms with Crippen molar-refractivity contribution < 1.29 is 5.11 Å². The summed E-state index contributed by atoms with van der Waals surface area (Å²) in [6, 6.07) is 33.0. The topological polar surface area (TPSA) is 46.2 Å². The maximum absolute atomic E-state index is 7.10. The van der Waals surface area contributed by atoms with E-state index in [1.54, 1.807) is 0 Å². The average molecular weight is 406 g/mol. The highest BCUT2D eigenvalue weighted by Gasteiger charge is 2.34. The van der Waals surface area contributed by atoms with Gasteiger partial charge in [-0.3, -0.25) is 0 Å². The van der Waals surface area contributed by atoms with Crippen LogP contribution in [0.1, 0.15) is 23.1 Å². The first-order valence-electron chi connectivity index (χ1n) is 10.9. The minimum atomic E-state index is -0.321. The van der Waals surface area contributed by atoms with E-state index in [0.29, 0.717) is 0 Å². The van der Waals surface area contributed by atoms with Gasteiger partial charge in [0.25, 0.3) is 0 Å². The Balaban J connectivity index is 0.000000994. The lowest BCUT2D eigenvalue weighted by Gasteiger charge is -2.36. The van der Waals surface area contributed by atoms with E-state index in [2.05, 4.69) is 91.0 Å². The Morgan fingerprint density at radius 3 is 2.10 bits per heavy atom. The number of aryl methyl sites for hydroxylation is 1. The van der Waals surface area contributed by atoms with E-state index in [-0.39, 0.29) is 5.54 Å². The number of aliphatic hydroxyl groups excluding tert-OH is 1. The van der Waals surface area contributed by atoms with Crippen LogP contribution in [-0.2, 0) is 18.4 Å². The van der Waals surface area contributed by atoms with Crippen molar-refractivity contribution >= 4 is 32.3 Å². The molecule has 1 aliphatic rings. The molecule has 5 aromatic carbocycles. The number of aliphatic hydroxyl groups is 1. The molecular weight excluding hydrogens is 378 g/mol. The van der Waals surface area contributed by atoms with Crippen LogP contribution in [0.5, 0.6) is 0 Å². The molecule has 0 bridgehead atoms. The van der Waals surface area contributed by atoms with Gasteiger partial charge in [-0.2, -0.15) is 0 Å². The summed E-state index contributed by atoms with van der Waals surface area (Å²) in [6.07, 6.45) is 2.88. The van der Waals surface area contributed by atoms with Crippen molar-refractivity contribution in [1.29, 1.82) is 0 Å². The second kappa shape index (κ2) is 7.81. The number of fused-ring (bicyclic) bond motifs is 6. The van der Waals surface area contributed by atoms with Gasteiger partial charge < -0.3 is 10.8 Å². The first-order valence-corrected chi connectivity index (χ1v) is 10.9. The van der Waals surface area contributed by atoms with Crippen molar-refractivity contribution in [2.24, 2.45) is 5.73 Å². The Labute approximate surface area is 182 Å².